The highest BCUT2D eigenvalue weighted by molar-refractivity contribution is 6.33. The van der Waals surface area contributed by atoms with Crippen LogP contribution in [0.25, 0.3) is 22.2 Å². The molecule has 1 aromatic heterocycles. The molecule has 1 unspecified atom stereocenters. The first-order chi connectivity index (χ1) is 17.9. The van der Waals surface area contributed by atoms with Gasteiger partial charge in [0.1, 0.15) is 0 Å². The number of aromatic nitrogens is 1. The Labute approximate surface area is 220 Å². The number of pyridine rings is 1. The zero-order valence-corrected chi connectivity index (χ0v) is 21.2. The van der Waals surface area contributed by atoms with Crippen molar-refractivity contribution in [2.75, 3.05) is 0 Å². The molecule has 4 nitrogen and oxygen atoms in total. The predicted molar refractivity (Wildman–Crippen MR) is 147 cm³/mol. The highest BCUT2D eigenvalue weighted by Crippen LogP contribution is 2.32. The average molecular weight is 506 g/mol. The molecule has 0 amide bonds. The molecule has 0 aliphatic rings. The van der Waals surface area contributed by atoms with Gasteiger partial charge in [-0.15, -0.1) is 0 Å². The number of hydrogen-bond acceptors (Lipinski definition) is 4. The Morgan fingerprint density at radius 2 is 1.41 bits per heavy atom. The van der Waals surface area contributed by atoms with Crippen LogP contribution in [0.1, 0.15) is 43.5 Å². The van der Waals surface area contributed by atoms with E-state index in [2.05, 4.69) is 0 Å². The van der Waals surface area contributed by atoms with Crippen molar-refractivity contribution in [2.45, 2.75) is 20.0 Å². The lowest BCUT2D eigenvalue weighted by atomic mass is 9.98. The van der Waals surface area contributed by atoms with E-state index < -0.39 is 12.1 Å². The predicted octanol–water partition coefficient (Wildman–Crippen LogP) is 7.95. The van der Waals surface area contributed by atoms with E-state index in [4.69, 9.17) is 21.3 Å². The molecule has 0 saturated heterocycles. The third-order valence-electron chi connectivity index (χ3n) is 6.27. The second-order valence-corrected chi connectivity index (χ2v) is 9.39. The van der Waals surface area contributed by atoms with Crippen molar-refractivity contribution in [1.29, 1.82) is 0 Å². The summed E-state index contributed by atoms with van der Waals surface area (Å²) in [7, 11) is 0. The van der Waals surface area contributed by atoms with Crippen molar-refractivity contribution in [2.24, 2.45) is 0 Å². The van der Waals surface area contributed by atoms with E-state index in [0.29, 0.717) is 43.9 Å². The van der Waals surface area contributed by atoms with E-state index in [9.17, 15) is 9.59 Å². The number of aryl methyl sites for hydroxylation is 2. The Morgan fingerprint density at radius 1 is 0.784 bits per heavy atom. The largest absolute Gasteiger partial charge is 0.445 e. The molecule has 0 radical (unpaired) electrons. The van der Waals surface area contributed by atoms with Crippen LogP contribution in [0.15, 0.2) is 103 Å². The Morgan fingerprint density at radius 3 is 2.11 bits per heavy atom. The van der Waals surface area contributed by atoms with Gasteiger partial charge in [0.25, 0.3) is 0 Å². The van der Waals surface area contributed by atoms with E-state index in [-0.39, 0.29) is 5.78 Å². The van der Waals surface area contributed by atoms with Gasteiger partial charge in [-0.1, -0.05) is 108 Å². The number of esters is 1. The second kappa shape index (κ2) is 10.4. The van der Waals surface area contributed by atoms with Gasteiger partial charge in [0.05, 0.1) is 16.8 Å². The topological polar surface area (TPSA) is 56.3 Å². The Kier molecular flexibility index (Phi) is 6.85. The number of benzene rings is 4. The molecule has 5 aromatic rings. The lowest BCUT2D eigenvalue weighted by molar-refractivity contribution is 0.0282. The van der Waals surface area contributed by atoms with Crippen LogP contribution in [0.4, 0.5) is 0 Å². The zero-order valence-electron chi connectivity index (χ0n) is 20.4. The van der Waals surface area contributed by atoms with Gasteiger partial charge in [-0.3, -0.25) is 4.79 Å². The van der Waals surface area contributed by atoms with Crippen molar-refractivity contribution >= 4 is 34.3 Å². The molecular weight excluding hydrogens is 482 g/mol. The number of rotatable bonds is 6. The van der Waals surface area contributed by atoms with Gasteiger partial charge in [-0.05, 0) is 32.0 Å². The highest BCUT2D eigenvalue weighted by Gasteiger charge is 2.28. The number of fused-ring (bicyclic) bond motifs is 1. The molecule has 5 heteroatoms. The van der Waals surface area contributed by atoms with Crippen LogP contribution < -0.4 is 0 Å². The summed E-state index contributed by atoms with van der Waals surface area (Å²) in [5, 5.41) is 1.16. The van der Waals surface area contributed by atoms with Crippen LogP contribution in [-0.4, -0.2) is 16.7 Å². The third kappa shape index (κ3) is 5.16. The SMILES string of the molecule is Cc1ccc(C(=O)C(OC(=O)c2cc(-c3ccccc3Cl)nc3ccccc23)c2ccc(C)cc2)cc1. The summed E-state index contributed by atoms with van der Waals surface area (Å²) < 4.78 is 5.99. The number of para-hydroxylation sites is 1. The molecule has 37 heavy (non-hydrogen) atoms. The van der Waals surface area contributed by atoms with Crippen molar-refractivity contribution in [3.05, 3.63) is 136 Å². The van der Waals surface area contributed by atoms with Crippen LogP contribution in [-0.2, 0) is 4.74 Å². The highest BCUT2D eigenvalue weighted by atomic mass is 35.5. The minimum absolute atomic E-state index is 0.290. The van der Waals surface area contributed by atoms with Crippen LogP contribution in [0, 0.1) is 13.8 Å². The van der Waals surface area contributed by atoms with E-state index in [1.165, 1.54) is 0 Å². The van der Waals surface area contributed by atoms with Gasteiger partial charge in [0.2, 0.25) is 5.78 Å². The lowest BCUT2D eigenvalue weighted by Gasteiger charge is -2.19. The fourth-order valence-electron chi connectivity index (χ4n) is 4.21. The van der Waals surface area contributed by atoms with Crippen molar-refractivity contribution < 1.29 is 14.3 Å². The lowest BCUT2D eigenvalue weighted by Crippen LogP contribution is -2.21. The quantitative estimate of drug-likeness (QED) is 0.173. The first-order valence-electron chi connectivity index (χ1n) is 11.9. The van der Waals surface area contributed by atoms with Gasteiger partial charge >= 0.3 is 5.97 Å². The molecule has 182 valence electrons. The third-order valence-corrected chi connectivity index (χ3v) is 6.59. The maximum atomic E-state index is 13.7. The molecule has 5 rings (SSSR count). The Hall–Kier alpha value is -4.28. The van der Waals surface area contributed by atoms with E-state index >= 15 is 0 Å². The minimum Gasteiger partial charge on any atom is -0.445 e. The number of nitrogens with zero attached hydrogens (tertiary/aromatic N) is 1. The molecule has 0 aliphatic heterocycles. The maximum absolute atomic E-state index is 13.7. The van der Waals surface area contributed by atoms with Gasteiger partial charge in [0.15, 0.2) is 6.10 Å². The first-order valence-corrected chi connectivity index (χ1v) is 12.3. The number of carbonyl (C=O) groups is 2. The number of ether oxygens (including phenoxy) is 1. The van der Waals surface area contributed by atoms with Gasteiger partial charge in [0, 0.05) is 27.1 Å². The normalized spacial score (nSPS) is 11.8. The van der Waals surface area contributed by atoms with Crippen molar-refractivity contribution in [3.8, 4) is 11.3 Å². The van der Waals surface area contributed by atoms with Gasteiger partial charge in [-0.2, -0.15) is 0 Å². The van der Waals surface area contributed by atoms with Gasteiger partial charge < -0.3 is 4.74 Å². The molecule has 4 aromatic carbocycles. The molecule has 0 fully saturated rings. The molecule has 0 saturated carbocycles. The van der Waals surface area contributed by atoms with E-state index in [1.807, 2.05) is 92.7 Å². The maximum Gasteiger partial charge on any atom is 0.339 e. The van der Waals surface area contributed by atoms with Crippen molar-refractivity contribution in [3.63, 3.8) is 0 Å². The van der Waals surface area contributed by atoms with E-state index in [1.54, 1.807) is 24.3 Å². The van der Waals surface area contributed by atoms with Crippen LogP contribution in [0.3, 0.4) is 0 Å². The smallest absolute Gasteiger partial charge is 0.339 e. The first kappa shape index (κ1) is 24.4. The summed E-state index contributed by atoms with van der Waals surface area (Å²) in [6.07, 6.45) is -1.11. The summed E-state index contributed by atoms with van der Waals surface area (Å²) in [6, 6.07) is 31.0. The molecule has 1 atom stereocenters. The summed E-state index contributed by atoms with van der Waals surface area (Å²) in [5.74, 6) is -0.903. The fourth-order valence-corrected chi connectivity index (χ4v) is 4.44. The summed E-state index contributed by atoms with van der Waals surface area (Å²) >= 11 is 6.44. The average Bonchev–Trinajstić information content (AvgIpc) is 2.92. The molecule has 0 N–H and O–H groups in total. The standard InChI is InChI=1S/C32H24ClNO3/c1-20-11-15-22(16-12-20)30(35)31(23-17-13-21(2)14-18-23)37-32(36)26-19-29(25-8-3-5-9-27(25)33)34-28-10-6-4-7-24(26)28/h3-19,31H,1-2H3. The Bertz CT molecular complexity index is 1610. The number of halogens is 1. The number of carbonyl (C=O) groups excluding carboxylic acids is 2. The summed E-state index contributed by atoms with van der Waals surface area (Å²) in [5.41, 5.74) is 5.35. The van der Waals surface area contributed by atoms with Crippen molar-refractivity contribution in [1.82, 2.24) is 4.98 Å². The van der Waals surface area contributed by atoms with E-state index in [0.717, 1.165) is 11.1 Å². The minimum atomic E-state index is -1.11. The molecule has 1 heterocycles. The Balaban J connectivity index is 1.59. The number of ketones is 1. The van der Waals surface area contributed by atoms with Gasteiger partial charge in [-0.25, -0.2) is 9.78 Å². The summed E-state index contributed by atoms with van der Waals surface area (Å²) in [4.78, 5) is 32.1. The number of hydrogen-bond donors (Lipinski definition) is 0. The van der Waals surface area contributed by atoms with Crippen LogP contribution >= 0.6 is 11.6 Å². The van der Waals surface area contributed by atoms with Crippen LogP contribution in [0.2, 0.25) is 5.02 Å². The molecule has 0 aliphatic carbocycles. The molecule has 0 bridgehead atoms. The zero-order chi connectivity index (χ0) is 25.9. The fraction of sp³-hybridized carbons (Fsp3) is 0.0938. The molecule has 0 spiro atoms. The monoisotopic (exact) mass is 505 g/mol. The summed E-state index contributed by atoms with van der Waals surface area (Å²) in [6.45, 7) is 3.92. The number of Topliss-reactive ketones (excluding diaryl/α,β-unsaturated/α-hetero) is 1. The van der Waals surface area contributed by atoms with Crippen LogP contribution in [0.5, 0.6) is 0 Å². The molecular formula is C32H24ClNO3. The second-order valence-electron chi connectivity index (χ2n) is 8.98.